The zero-order chi connectivity index (χ0) is 17.6. The molecule has 25 heavy (non-hydrogen) atoms. The number of halogens is 1. The molecule has 0 saturated heterocycles. The third kappa shape index (κ3) is 5.19. The highest BCUT2D eigenvalue weighted by molar-refractivity contribution is 7.09. The number of thiophene rings is 1. The fourth-order valence-corrected chi connectivity index (χ4v) is 3.36. The maximum absolute atomic E-state index is 12.1. The summed E-state index contributed by atoms with van der Waals surface area (Å²) in [5.41, 5.74) is 0.956. The van der Waals surface area contributed by atoms with E-state index >= 15 is 0 Å². The Morgan fingerprint density at radius 1 is 1.20 bits per heavy atom. The van der Waals surface area contributed by atoms with Crippen LogP contribution >= 0.6 is 22.9 Å². The molecule has 0 spiro atoms. The molecule has 0 saturated carbocycles. The molecular weight excluding hydrogens is 356 g/mol. The highest BCUT2D eigenvalue weighted by Gasteiger charge is 2.09. The van der Waals surface area contributed by atoms with Crippen molar-refractivity contribution in [1.29, 1.82) is 0 Å². The lowest BCUT2D eigenvalue weighted by atomic mass is 10.2. The number of rotatable bonds is 7. The molecule has 2 aromatic heterocycles. The first kappa shape index (κ1) is 17.7. The molecule has 0 fully saturated rings. The minimum absolute atomic E-state index is 0.0245. The van der Waals surface area contributed by atoms with Crippen LogP contribution in [0.3, 0.4) is 0 Å². The van der Waals surface area contributed by atoms with Crippen LogP contribution in [0.1, 0.15) is 10.6 Å². The van der Waals surface area contributed by atoms with E-state index in [0.717, 1.165) is 23.6 Å². The fraction of sp³-hybridized carbons (Fsp3) is 0.211. The second kappa shape index (κ2) is 8.34. The van der Waals surface area contributed by atoms with Crippen LogP contribution in [-0.4, -0.2) is 24.4 Å². The topological polar surface area (TPSA) is 45.5 Å². The maximum atomic E-state index is 12.1. The van der Waals surface area contributed by atoms with Gasteiger partial charge in [-0.15, -0.1) is 11.3 Å². The molecule has 1 aromatic carbocycles. The molecule has 1 amide bonds. The number of hydrogen-bond donors (Lipinski definition) is 1. The molecule has 0 atom stereocenters. The Kier molecular flexibility index (Phi) is 5.91. The molecule has 0 bridgehead atoms. The van der Waals surface area contributed by atoms with Crippen molar-refractivity contribution in [3.05, 3.63) is 69.6 Å². The quantitative estimate of drug-likeness (QED) is 0.666. The monoisotopic (exact) mass is 374 g/mol. The minimum Gasteiger partial charge on any atom is -0.459 e. The zero-order valence-corrected chi connectivity index (χ0v) is 15.4. The molecule has 2 heterocycles. The van der Waals surface area contributed by atoms with E-state index in [4.69, 9.17) is 16.0 Å². The van der Waals surface area contributed by atoms with E-state index in [0.29, 0.717) is 18.1 Å². The van der Waals surface area contributed by atoms with Crippen molar-refractivity contribution in [3.8, 4) is 11.3 Å². The fourth-order valence-electron chi connectivity index (χ4n) is 2.45. The predicted octanol–water partition coefficient (Wildman–Crippen LogP) is 4.41. The third-order valence-electron chi connectivity index (χ3n) is 3.67. The van der Waals surface area contributed by atoms with Crippen molar-refractivity contribution in [2.45, 2.75) is 13.1 Å². The van der Waals surface area contributed by atoms with Gasteiger partial charge in [-0.25, -0.2) is 0 Å². The summed E-state index contributed by atoms with van der Waals surface area (Å²) < 4.78 is 5.78. The van der Waals surface area contributed by atoms with E-state index in [1.54, 1.807) is 11.3 Å². The van der Waals surface area contributed by atoms with E-state index < -0.39 is 0 Å². The summed E-state index contributed by atoms with van der Waals surface area (Å²) in [6.07, 6.45) is 0. The number of furan rings is 1. The van der Waals surface area contributed by atoms with Gasteiger partial charge in [0, 0.05) is 22.0 Å². The molecule has 0 aliphatic rings. The van der Waals surface area contributed by atoms with E-state index in [9.17, 15) is 4.79 Å². The second-order valence-electron chi connectivity index (χ2n) is 5.80. The summed E-state index contributed by atoms with van der Waals surface area (Å²) in [6, 6.07) is 15.3. The minimum atomic E-state index is -0.0245. The van der Waals surface area contributed by atoms with Crippen LogP contribution in [0.2, 0.25) is 5.02 Å². The van der Waals surface area contributed by atoms with Crippen molar-refractivity contribution in [2.24, 2.45) is 0 Å². The Hall–Kier alpha value is -2.08. The van der Waals surface area contributed by atoms with Crippen molar-refractivity contribution in [3.63, 3.8) is 0 Å². The van der Waals surface area contributed by atoms with Gasteiger partial charge in [-0.3, -0.25) is 9.69 Å². The van der Waals surface area contributed by atoms with Crippen LogP contribution < -0.4 is 5.32 Å². The molecule has 0 aliphatic heterocycles. The van der Waals surface area contributed by atoms with Gasteiger partial charge in [0.2, 0.25) is 5.91 Å². The van der Waals surface area contributed by atoms with Crippen molar-refractivity contribution in [1.82, 2.24) is 10.2 Å². The van der Waals surface area contributed by atoms with Crippen LogP contribution in [-0.2, 0) is 17.9 Å². The number of carbonyl (C=O) groups is 1. The molecule has 3 rings (SSSR count). The molecular formula is C19H19ClN2O2S. The number of nitrogens with zero attached hydrogens (tertiary/aromatic N) is 1. The molecule has 0 radical (unpaired) electrons. The van der Waals surface area contributed by atoms with E-state index in [-0.39, 0.29) is 5.91 Å². The van der Waals surface area contributed by atoms with E-state index in [2.05, 4.69) is 11.4 Å². The number of hydrogen-bond acceptors (Lipinski definition) is 4. The van der Waals surface area contributed by atoms with Gasteiger partial charge in [-0.05, 0) is 54.9 Å². The Balaban J connectivity index is 1.48. The SMILES string of the molecule is CN(CC(=O)NCc1ccc(-c2ccc(Cl)cc2)o1)Cc1cccs1. The number of carbonyl (C=O) groups excluding carboxylic acids is 1. The van der Waals surface area contributed by atoms with Crippen LogP contribution in [0.25, 0.3) is 11.3 Å². The van der Waals surface area contributed by atoms with Crippen LogP contribution in [0.5, 0.6) is 0 Å². The average Bonchev–Trinajstić information content (AvgIpc) is 3.25. The van der Waals surface area contributed by atoms with Crippen molar-refractivity contribution in [2.75, 3.05) is 13.6 Å². The molecule has 3 aromatic rings. The lowest BCUT2D eigenvalue weighted by Gasteiger charge is -2.14. The van der Waals surface area contributed by atoms with Gasteiger partial charge in [0.1, 0.15) is 11.5 Å². The summed E-state index contributed by atoms with van der Waals surface area (Å²) >= 11 is 7.59. The first-order chi connectivity index (χ1) is 12.1. The van der Waals surface area contributed by atoms with Crippen molar-refractivity contribution < 1.29 is 9.21 Å². The summed E-state index contributed by atoms with van der Waals surface area (Å²) in [6.45, 7) is 1.49. The van der Waals surface area contributed by atoms with Gasteiger partial charge in [-0.2, -0.15) is 0 Å². The zero-order valence-electron chi connectivity index (χ0n) is 13.9. The highest BCUT2D eigenvalue weighted by atomic mass is 35.5. The Labute approximate surface area is 156 Å². The van der Waals surface area contributed by atoms with Gasteiger partial charge in [0.15, 0.2) is 0 Å². The predicted molar refractivity (Wildman–Crippen MR) is 102 cm³/mol. The van der Waals surface area contributed by atoms with Gasteiger partial charge in [0.25, 0.3) is 0 Å². The van der Waals surface area contributed by atoms with Gasteiger partial charge in [-0.1, -0.05) is 17.7 Å². The van der Waals surface area contributed by atoms with Crippen LogP contribution in [0.15, 0.2) is 58.3 Å². The second-order valence-corrected chi connectivity index (χ2v) is 7.27. The normalized spacial score (nSPS) is 11.0. The average molecular weight is 375 g/mol. The lowest BCUT2D eigenvalue weighted by molar-refractivity contribution is -0.122. The smallest absolute Gasteiger partial charge is 0.234 e. The summed E-state index contributed by atoms with van der Waals surface area (Å²) in [5, 5.41) is 5.62. The molecule has 1 N–H and O–H groups in total. The lowest BCUT2D eigenvalue weighted by Crippen LogP contribution is -2.34. The molecule has 0 aliphatic carbocycles. The number of likely N-dealkylation sites (N-methyl/N-ethyl adjacent to an activating group) is 1. The van der Waals surface area contributed by atoms with Gasteiger partial charge in [0.05, 0.1) is 13.1 Å². The van der Waals surface area contributed by atoms with Crippen LogP contribution in [0.4, 0.5) is 0 Å². The summed E-state index contributed by atoms with van der Waals surface area (Å²) in [7, 11) is 1.94. The first-order valence-electron chi connectivity index (χ1n) is 7.92. The molecule has 4 nitrogen and oxygen atoms in total. The van der Waals surface area contributed by atoms with Gasteiger partial charge < -0.3 is 9.73 Å². The highest BCUT2D eigenvalue weighted by Crippen LogP contribution is 2.23. The Morgan fingerprint density at radius 3 is 2.72 bits per heavy atom. The molecule has 0 unspecified atom stereocenters. The van der Waals surface area contributed by atoms with E-state index in [1.807, 2.05) is 59.8 Å². The number of benzene rings is 1. The Bertz CT molecular complexity index is 812. The number of nitrogens with one attached hydrogen (secondary N) is 1. The molecule has 130 valence electrons. The third-order valence-corrected chi connectivity index (χ3v) is 4.78. The first-order valence-corrected chi connectivity index (χ1v) is 9.18. The van der Waals surface area contributed by atoms with Crippen molar-refractivity contribution >= 4 is 28.8 Å². The summed E-state index contributed by atoms with van der Waals surface area (Å²) in [4.78, 5) is 15.3. The number of amides is 1. The van der Waals surface area contributed by atoms with E-state index in [1.165, 1.54) is 4.88 Å². The largest absolute Gasteiger partial charge is 0.459 e. The van der Waals surface area contributed by atoms with Crippen LogP contribution in [0, 0.1) is 0 Å². The Morgan fingerprint density at radius 2 is 2.00 bits per heavy atom. The standard InChI is InChI=1S/C19H19ClN2O2S/c1-22(12-17-3-2-10-25-17)13-19(23)21-11-16-8-9-18(24-16)14-4-6-15(20)7-5-14/h2-10H,11-13H2,1H3,(H,21,23). The molecule has 6 heteroatoms. The maximum Gasteiger partial charge on any atom is 0.234 e. The summed E-state index contributed by atoms with van der Waals surface area (Å²) in [5.74, 6) is 1.46. The van der Waals surface area contributed by atoms with Gasteiger partial charge >= 0.3 is 0 Å².